The van der Waals surface area contributed by atoms with Gasteiger partial charge in [0.2, 0.25) is 0 Å². The van der Waals surface area contributed by atoms with Crippen LogP contribution < -0.4 is 5.73 Å². The number of aliphatic hydroxyl groups excluding tert-OH is 1. The van der Waals surface area contributed by atoms with Gasteiger partial charge < -0.3 is 10.8 Å². The summed E-state index contributed by atoms with van der Waals surface area (Å²) >= 11 is 0. The van der Waals surface area contributed by atoms with Crippen molar-refractivity contribution in [2.45, 2.75) is 50.6 Å². The van der Waals surface area contributed by atoms with Crippen LogP contribution in [0.5, 0.6) is 0 Å². The molecule has 1 aromatic carbocycles. The lowest BCUT2D eigenvalue weighted by atomic mass is 9.95. The molecule has 3 rings (SSSR count). The second-order valence-electron chi connectivity index (χ2n) is 5.91. The summed E-state index contributed by atoms with van der Waals surface area (Å²) in [6.07, 6.45) is 7.11. The maximum atomic E-state index is 9.27. The Balaban J connectivity index is 1.83. The van der Waals surface area contributed by atoms with Gasteiger partial charge in [-0.3, -0.25) is 4.90 Å². The van der Waals surface area contributed by atoms with Gasteiger partial charge in [-0.25, -0.2) is 0 Å². The van der Waals surface area contributed by atoms with Gasteiger partial charge in [-0.1, -0.05) is 12.5 Å². The average molecular weight is 260 g/mol. The van der Waals surface area contributed by atoms with Crippen LogP contribution >= 0.6 is 0 Å². The molecular formula is C16H24N2O. The van der Waals surface area contributed by atoms with E-state index in [1.165, 1.54) is 43.4 Å². The fourth-order valence-corrected chi connectivity index (χ4v) is 3.85. The minimum absolute atomic E-state index is 0.308. The van der Waals surface area contributed by atoms with Crippen molar-refractivity contribution in [1.82, 2.24) is 4.90 Å². The van der Waals surface area contributed by atoms with Crippen molar-refractivity contribution in [2.75, 3.05) is 18.9 Å². The highest BCUT2D eigenvalue weighted by Gasteiger charge is 2.33. The van der Waals surface area contributed by atoms with Gasteiger partial charge >= 0.3 is 0 Å². The SMILES string of the molecule is Nc1ccc2c(c1)CCC2N1CCCCC1CCO. The van der Waals surface area contributed by atoms with Crippen LogP contribution in [0.4, 0.5) is 5.69 Å². The molecule has 0 saturated carbocycles. The molecule has 104 valence electrons. The molecule has 2 unspecified atom stereocenters. The summed E-state index contributed by atoms with van der Waals surface area (Å²) in [6, 6.07) is 7.50. The Bertz CT molecular complexity index is 444. The summed E-state index contributed by atoms with van der Waals surface area (Å²) in [5.74, 6) is 0. The van der Waals surface area contributed by atoms with Crippen molar-refractivity contribution in [3.05, 3.63) is 29.3 Å². The number of piperidine rings is 1. The lowest BCUT2D eigenvalue weighted by Crippen LogP contribution is -2.41. The van der Waals surface area contributed by atoms with Crippen LogP contribution in [0.15, 0.2) is 18.2 Å². The van der Waals surface area contributed by atoms with E-state index in [0.29, 0.717) is 18.7 Å². The first-order valence-electron chi connectivity index (χ1n) is 7.54. The maximum Gasteiger partial charge on any atom is 0.0445 e. The Morgan fingerprint density at radius 3 is 3.00 bits per heavy atom. The molecule has 1 aliphatic heterocycles. The first-order chi connectivity index (χ1) is 9.29. The largest absolute Gasteiger partial charge is 0.399 e. The zero-order chi connectivity index (χ0) is 13.2. The number of hydrogen-bond acceptors (Lipinski definition) is 3. The third kappa shape index (κ3) is 2.49. The predicted octanol–water partition coefficient (Wildman–Crippen LogP) is 2.49. The van der Waals surface area contributed by atoms with Gasteiger partial charge in [0.25, 0.3) is 0 Å². The number of nitrogens with two attached hydrogens (primary N) is 1. The average Bonchev–Trinajstić information content (AvgIpc) is 2.82. The van der Waals surface area contributed by atoms with Gasteiger partial charge in [-0.15, -0.1) is 0 Å². The molecule has 1 heterocycles. The van der Waals surface area contributed by atoms with E-state index in [-0.39, 0.29) is 0 Å². The fourth-order valence-electron chi connectivity index (χ4n) is 3.85. The molecule has 3 nitrogen and oxygen atoms in total. The van der Waals surface area contributed by atoms with Crippen molar-refractivity contribution < 1.29 is 5.11 Å². The van der Waals surface area contributed by atoms with E-state index in [9.17, 15) is 5.11 Å². The molecule has 0 spiro atoms. The highest BCUT2D eigenvalue weighted by molar-refractivity contribution is 5.47. The van der Waals surface area contributed by atoms with Gasteiger partial charge in [0, 0.05) is 24.4 Å². The summed E-state index contributed by atoms with van der Waals surface area (Å²) < 4.78 is 0. The van der Waals surface area contributed by atoms with Gasteiger partial charge in [0.15, 0.2) is 0 Å². The molecule has 0 bridgehead atoms. The number of hydrogen-bond donors (Lipinski definition) is 2. The molecule has 1 fully saturated rings. The molecular weight excluding hydrogens is 236 g/mol. The zero-order valence-corrected chi connectivity index (χ0v) is 11.5. The van der Waals surface area contributed by atoms with E-state index in [1.54, 1.807) is 0 Å². The number of nitrogen functional groups attached to an aromatic ring is 1. The van der Waals surface area contributed by atoms with Crippen molar-refractivity contribution in [1.29, 1.82) is 0 Å². The fraction of sp³-hybridized carbons (Fsp3) is 0.625. The summed E-state index contributed by atoms with van der Waals surface area (Å²) in [4.78, 5) is 2.64. The molecule has 19 heavy (non-hydrogen) atoms. The zero-order valence-electron chi connectivity index (χ0n) is 11.5. The van der Waals surface area contributed by atoms with Crippen molar-refractivity contribution in [2.24, 2.45) is 0 Å². The van der Waals surface area contributed by atoms with E-state index in [2.05, 4.69) is 17.0 Å². The quantitative estimate of drug-likeness (QED) is 0.821. The minimum Gasteiger partial charge on any atom is -0.399 e. The van der Waals surface area contributed by atoms with E-state index >= 15 is 0 Å². The highest BCUT2D eigenvalue weighted by atomic mass is 16.3. The van der Waals surface area contributed by atoms with Crippen LogP contribution in [0.25, 0.3) is 0 Å². The first-order valence-corrected chi connectivity index (χ1v) is 7.54. The van der Waals surface area contributed by atoms with Crippen LogP contribution in [0, 0.1) is 0 Å². The molecule has 0 amide bonds. The van der Waals surface area contributed by atoms with Crippen LogP contribution in [0.1, 0.15) is 49.3 Å². The lowest BCUT2D eigenvalue weighted by molar-refractivity contribution is 0.0754. The Hall–Kier alpha value is -1.06. The third-order valence-electron chi connectivity index (χ3n) is 4.75. The second kappa shape index (κ2) is 5.51. The standard InChI is InChI=1S/C16H24N2O/c17-13-5-6-15-12(11-13)4-7-16(15)18-9-2-1-3-14(18)8-10-19/h5-6,11,14,16,19H,1-4,7-10,17H2. The number of benzene rings is 1. The van der Waals surface area contributed by atoms with Crippen LogP contribution in [-0.2, 0) is 6.42 Å². The van der Waals surface area contributed by atoms with Gasteiger partial charge in [0.1, 0.15) is 0 Å². The smallest absolute Gasteiger partial charge is 0.0445 e. The predicted molar refractivity (Wildman–Crippen MR) is 78.0 cm³/mol. The van der Waals surface area contributed by atoms with Gasteiger partial charge in [-0.05, 0) is 61.9 Å². The molecule has 0 aromatic heterocycles. The Kier molecular flexibility index (Phi) is 3.76. The molecule has 1 aromatic rings. The van der Waals surface area contributed by atoms with Crippen LogP contribution in [0.3, 0.4) is 0 Å². The summed E-state index contributed by atoms with van der Waals surface area (Å²) in [6.45, 7) is 1.49. The molecule has 1 aliphatic carbocycles. The summed E-state index contributed by atoms with van der Waals surface area (Å²) in [5.41, 5.74) is 9.66. The molecule has 3 N–H and O–H groups in total. The normalized spacial score (nSPS) is 27.4. The molecule has 2 atom stereocenters. The van der Waals surface area contributed by atoms with Crippen molar-refractivity contribution >= 4 is 5.69 Å². The molecule has 0 radical (unpaired) electrons. The number of aryl methyl sites for hydroxylation is 1. The third-order valence-corrected chi connectivity index (χ3v) is 4.75. The topological polar surface area (TPSA) is 49.5 Å². The van der Waals surface area contributed by atoms with E-state index in [0.717, 1.165) is 18.5 Å². The summed E-state index contributed by atoms with van der Waals surface area (Å²) in [7, 11) is 0. The van der Waals surface area contributed by atoms with E-state index in [4.69, 9.17) is 5.73 Å². The number of nitrogens with zero attached hydrogens (tertiary/aromatic N) is 1. The Labute approximate surface area is 115 Å². The number of rotatable bonds is 3. The second-order valence-corrected chi connectivity index (χ2v) is 5.91. The molecule has 1 saturated heterocycles. The first kappa shape index (κ1) is 12.9. The Morgan fingerprint density at radius 1 is 1.26 bits per heavy atom. The number of fused-ring (bicyclic) bond motifs is 1. The number of anilines is 1. The minimum atomic E-state index is 0.308. The van der Waals surface area contributed by atoms with Crippen LogP contribution in [-0.4, -0.2) is 29.2 Å². The van der Waals surface area contributed by atoms with Crippen molar-refractivity contribution in [3.8, 4) is 0 Å². The van der Waals surface area contributed by atoms with Crippen molar-refractivity contribution in [3.63, 3.8) is 0 Å². The molecule has 2 aliphatic rings. The van der Waals surface area contributed by atoms with E-state index < -0.39 is 0 Å². The van der Waals surface area contributed by atoms with Gasteiger partial charge in [-0.2, -0.15) is 0 Å². The monoisotopic (exact) mass is 260 g/mol. The van der Waals surface area contributed by atoms with Gasteiger partial charge in [0.05, 0.1) is 0 Å². The number of aliphatic hydroxyl groups is 1. The lowest BCUT2D eigenvalue weighted by Gasteiger charge is -2.40. The van der Waals surface area contributed by atoms with Crippen LogP contribution in [0.2, 0.25) is 0 Å². The molecule has 3 heteroatoms. The maximum absolute atomic E-state index is 9.27. The number of likely N-dealkylation sites (tertiary alicyclic amines) is 1. The Morgan fingerprint density at radius 2 is 2.16 bits per heavy atom. The van der Waals surface area contributed by atoms with E-state index in [1.807, 2.05) is 6.07 Å². The highest BCUT2D eigenvalue weighted by Crippen LogP contribution is 2.40. The summed E-state index contributed by atoms with van der Waals surface area (Å²) in [5, 5.41) is 9.27.